The molecule has 3 rings (SSSR count). The number of piperazine rings is 1. The molecule has 132 valence electrons. The summed E-state index contributed by atoms with van der Waals surface area (Å²) in [5.74, 6) is 0. The smallest absolute Gasteiger partial charge is 0.321 e. The van der Waals surface area contributed by atoms with Gasteiger partial charge in [0.15, 0.2) is 0 Å². The van der Waals surface area contributed by atoms with Crippen molar-refractivity contribution in [1.29, 1.82) is 0 Å². The van der Waals surface area contributed by atoms with Crippen molar-refractivity contribution >= 4 is 11.7 Å². The molecule has 0 radical (unpaired) electrons. The molecule has 2 aromatic carbocycles. The highest BCUT2D eigenvalue weighted by molar-refractivity contribution is 5.90. The van der Waals surface area contributed by atoms with E-state index in [1.807, 2.05) is 24.0 Å². The van der Waals surface area contributed by atoms with Gasteiger partial charge in [-0.05, 0) is 43.0 Å². The molecular formula is C21H27N3O. The SMILES string of the molecule is Cc1cccc(NC(=O)N2CCN(CCc3ccccc3)CC2)c1C. The van der Waals surface area contributed by atoms with Crippen molar-refractivity contribution in [2.45, 2.75) is 20.3 Å². The topological polar surface area (TPSA) is 35.6 Å². The first-order valence-electron chi connectivity index (χ1n) is 9.02. The summed E-state index contributed by atoms with van der Waals surface area (Å²) in [6.07, 6.45) is 1.07. The van der Waals surface area contributed by atoms with Crippen LogP contribution in [0.1, 0.15) is 16.7 Å². The van der Waals surface area contributed by atoms with Crippen LogP contribution in [-0.2, 0) is 6.42 Å². The summed E-state index contributed by atoms with van der Waals surface area (Å²) >= 11 is 0. The summed E-state index contributed by atoms with van der Waals surface area (Å²) in [7, 11) is 0. The Hall–Kier alpha value is -2.33. The fraction of sp³-hybridized carbons (Fsp3) is 0.381. The largest absolute Gasteiger partial charge is 0.322 e. The first-order valence-corrected chi connectivity index (χ1v) is 9.02. The van der Waals surface area contributed by atoms with Gasteiger partial charge in [0.1, 0.15) is 0 Å². The van der Waals surface area contributed by atoms with Crippen LogP contribution in [0.5, 0.6) is 0 Å². The lowest BCUT2D eigenvalue weighted by Gasteiger charge is -2.34. The number of rotatable bonds is 4. The van der Waals surface area contributed by atoms with Crippen molar-refractivity contribution in [1.82, 2.24) is 9.80 Å². The molecule has 4 heteroatoms. The quantitative estimate of drug-likeness (QED) is 0.923. The summed E-state index contributed by atoms with van der Waals surface area (Å²) < 4.78 is 0. The van der Waals surface area contributed by atoms with Crippen molar-refractivity contribution in [2.75, 3.05) is 38.0 Å². The van der Waals surface area contributed by atoms with E-state index >= 15 is 0 Å². The summed E-state index contributed by atoms with van der Waals surface area (Å²) in [6.45, 7) is 8.61. The number of benzene rings is 2. The van der Waals surface area contributed by atoms with Gasteiger partial charge in [-0.1, -0.05) is 42.5 Å². The van der Waals surface area contributed by atoms with Crippen LogP contribution in [0.4, 0.5) is 10.5 Å². The van der Waals surface area contributed by atoms with Gasteiger partial charge in [0, 0.05) is 38.4 Å². The van der Waals surface area contributed by atoms with E-state index in [1.54, 1.807) is 0 Å². The van der Waals surface area contributed by atoms with Crippen LogP contribution in [0.3, 0.4) is 0 Å². The number of carbonyl (C=O) groups is 1. The zero-order valence-electron chi connectivity index (χ0n) is 15.2. The van der Waals surface area contributed by atoms with Crippen LogP contribution in [-0.4, -0.2) is 48.6 Å². The Labute approximate surface area is 150 Å². The van der Waals surface area contributed by atoms with E-state index in [-0.39, 0.29) is 6.03 Å². The van der Waals surface area contributed by atoms with Gasteiger partial charge in [0.25, 0.3) is 0 Å². The molecule has 2 amide bonds. The van der Waals surface area contributed by atoms with Gasteiger partial charge < -0.3 is 10.2 Å². The summed E-state index contributed by atoms with van der Waals surface area (Å²) in [5.41, 5.74) is 4.62. The molecule has 1 aliphatic rings. The molecule has 0 aliphatic carbocycles. The van der Waals surface area contributed by atoms with Crippen LogP contribution >= 0.6 is 0 Å². The van der Waals surface area contributed by atoms with Gasteiger partial charge in [0.2, 0.25) is 0 Å². The van der Waals surface area contributed by atoms with Gasteiger partial charge in [-0.25, -0.2) is 4.79 Å². The van der Waals surface area contributed by atoms with Crippen molar-refractivity contribution in [2.24, 2.45) is 0 Å². The average Bonchev–Trinajstić information content (AvgIpc) is 2.65. The molecule has 0 atom stereocenters. The molecule has 0 unspecified atom stereocenters. The van der Waals surface area contributed by atoms with Crippen molar-refractivity contribution in [3.8, 4) is 0 Å². The molecular weight excluding hydrogens is 310 g/mol. The van der Waals surface area contributed by atoms with Gasteiger partial charge in [-0.15, -0.1) is 0 Å². The van der Waals surface area contributed by atoms with Crippen LogP contribution in [0.25, 0.3) is 0 Å². The number of urea groups is 1. The highest BCUT2D eigenvalue weighted by atomic mass is 16.2. The zero-order chi connectivity index (χ0) is 17.6. The first-order chi connectivity index (χ1) is 12.1. The third-order valence-electron chi connectivity index (χ3n) is 5.07. The normalized spacial score (nSPS) is 15.2. The maximum atomic E-state index is 12.5. The third kappa shape index (κ3) is 4.60. The number of nitrogens with zero attached hydrogens (tertiary/aromatic N) is 2. The van der Waals surface area contributed by atoms with Gasteiger partial charge in [0.05, 0.1) is 0 Å². The van der Waals surface area contributed by atoms with Crippen LogP contribution in [0.2, 0.25) is 0 Å². The van der Waals surface area contributed by atoms with Crippen molar-refractivity contribution in [3.05, 3.63) is 65.2 Å². The van der Waals surface area contributed by atoms with E-state index < -0.39 is 0 Å². The number of amides is 2. The maximum Gasteiger partial charge on any atom is 0.321 e. The number of carbonyl (C=O) groups excluding carboxylic acids is 1. The molecule has 0 aromatic heterocycles. The Morgan fingerprint density at radius 3 is 2.40 bits per heavy atom. The molecule has 1 fully saturated rings. The molecule has 2 aromatic rings. The van der Waals surface area contributed by atoms with Crippen LogP contribution < -0.4 is 5.32 Å². The molecule has 1 aliphatic heterocycles. The standard InChI is InChI=1S/C21H27N3O/c1-17-7-6-10-20(18(17)2)22-21(25)24-15-13-23(14-16-24)12-11-19-8-4-3-5-9-19/h3-10H,11-16H2,1-2H3,(H,22,25). The highest BCUT2D eigenvalue weighted by Crippen LogP contribution is 2.18. The molecule has 1 N–H and O–H groups in total. The second-order valence-electron chi connectivity index (χ2n) is 6.74. The summed E-state index contributed by atoms with van der Waals surface area (Å²) in [4.78, 5) is 16.9. The zero-order valence-corrected chi connectivity index (χ0v) is 15.2. The molecule has 25 heavy (non-hydrogen) atoms. The van der Waals surface area contributed by atoms with E-state index in [0.717, 1.165) is 50.4 Å². The van der Waals surface area contributed by atoms with Crippen molar-refractivity contribution < 1.29 is 4.79 Å². The summed E-state index contributed by atoms with van der Waals surface area (Å²) in [6, 6.07) is 16.6. The van der Waals surface area contributed by atoms with Gasteiger partial charge in [-0.3, -0.25) is 4.90 Å². The molecule has 1 saturated heterocycles. The number of hydrogen-bond acceptors (Lipinski definition) is 2. The van der Waals surface area contributed by atoms with Crippen LogP contribution in [0.15, 0.2) is 48.5 Å². The van der Waals surface area contributed by atoms with Crippen molar-refractivity contribution in [3.63, 3.8) is 0 Å². The lowest BCUT2D eigenvalue weighted by Crippen LogP contribution is -2.50. The second kappa shape index (κ2) is 8.17. The maximum absolute atomic E-state index is 12.5. The van der Waals surface area contributed by atoms with E-state index in [2.05, 4.69) is 53.5 Å². The monoisotopic (exact) mass is 337 g/mol. The Kier molecular flexibility index (Phi) is 5.71. The lowest BCUT2D eigenvalue weighted by atomic mass is 10.1. The molecule has 0 bridgehead atoms. The predicted octanol–water partition coefficient (Wildman–Crippen LogP) is 3.70. The molecule has 0 saturated carbocycles. The average molecular weight is 337 g/mol. The predicted molar refractivity (Wildman–Crippen MR) is 103 cm³/mol. The fourth-order valence-corrected chi connectivity index (χ4v) is 3.19. The first kappa shape index (κ1) is 17.5. The van der Waals surface area contributed by atoms with Gasteiger partial charge >= 0.3 is 6.03 Å². The Bertz CT molecular complexity index is 706. The number of anilines is 1. The lowest BCUT2D eigenvalue weighted by molar-refractivity contribution is 0.148. The minimum atomic E-state index is 0.0106. The fourth-order valence-electron chi connectivity index (χ4n) is 3.19. The Morgan fingerprint density at radius 1 is 0.960 bits per heavy atom. The molecule has 0 spiro atoms. The van der Waals surface area contributed by atoms with E-state index in [4.69, 9.17) is 0 Å². The minimum Gasteiger partial charge on any atom is -0.322 e. The number of hydrogen-bond donors (Lipinski definition) is 1. The molecule has 1 heterocycles. The molecule has 4 nitrogen and oxygen atoms in total. The number of aryl methyl sites for hydroxylation is 1. The van der Waals surface area contributed by atoms with E-state index in [1.165, 1.54) is 11.1 Å². The second-order valence-corrected chi connectivity index (χ2v) is 6.74. The van der Waals surface area contributed by atoms with Crippen LogP contribution in [0, 0.1) is 13.8 Å². The van der Waals surface area contributed by atoms with Gasteiger partial charge in [-0.2, -0.15) is 0 Å². The minimum absolute atomic E-state index is 0.0106. The Balaban J connectivity index is 1.47. The highest BCUT2D eigenvalue weighted by Gasteiger charge is 2.21. The Morgan fingerprint density at radius 2 is 1.68 bits per heavy atom. The van der Waals surface area contributed by atoms with E-state index in [9.17, 15) is 4.79 Å². The number of nitrogens with one attached hydrogen (secondary N) is 1. The third-order valence-corrected chi connectivity index (χ3v) is 5.07. The van der Waals surface area contributed by atoms with E-state index in [0.29, 0.717) is 0 Å². The summed E-state index contributed by atoms with van der Waals surface area (Å²) in [5, 5.41) is 3.06.